The number of amides is 1. The van der Waals surface area contributed by atoms with Gasteiger partial charge in [-0.3, -0.25) is 4.79 Å². The van der Waals surface area contributed by atoms with Crippen molar-refractivity contribution >= 4 is 5.91 Å². The van der Waals surface area contributed by atoms with E-state index >= 15 is 0 Å². The van der Waals surface area contributed by atoms with Crippen LogP contribution in [0.1, 0.15) is 17.2 Å². The maximum absolute atomic E-state index is 11.8. The fraction of sp³-hybridized carbons (Fsp3) is 0.417. The van der Waals surface area contributed by atoms with Crippen molar-refractivity contribution in [3.63, 3.8) is 0 Å². The van der Waals surface area contributed by atoms with E-state index in [9.17, 15) is 4.79 Å². The lowest BCUT2D eigenvalue weighted by molar-refractivity contribution is -0.134. The van der Waals surface area contributed by atoms with Gasteiger partial charge in [0.05, 0.1) is 6.61 Å². The summed E-state index contributed by atoms with van der Waals surface area (Å²) in [7, 11) is 0. The molecule has 2 rings (SSSR count). The summed E-state index contributed by atoms with van der Waals surface area (Å²) in [5.41, 5.74) is 7.52. The second-order valence-electron chi connectivity index (χ2n) is 3.78. The fourth-order valence-electron chi connectivity index (χ4n) is 1.90. The van der Waals surface area contributed by atoms with Crippen LogP contribution in [0.25, 0.3) is 0 Å². The van der Waals surface area contributed by atoms with Gasteiger partial charge in [0.1, 0.15) is 0 Å². The van der Waals surface area contributed by atoms with Gasteiger partial charge in [0.2, 0.25) is 0 Å². The Labute approximate surface area is 94.8 Å². The molecule has 0 fully saturated rings. The van der Waals surface area contributed by atoms with Crippen molar-refractivity contribution < 1.29 is 9.53 Å². The van der Waals surface area contributed by atoms with Gasteiger partial charge in [0.25, 0.3) is 5.91 Å². The lowest BCUT2D eigenvalue weighted by Gasteiger charge is -2.25. The van der Waals surface area contributed by atoms with Crippen LogP contribution in [0.2, 0.25) is 0 Å². The van der Waals surface area contributed by atoms with Gasteiger partial charge in [-0.25, -0.2) is 0 Å². The van der Waals surface area contributed by atoms with E-state index in [0.717, 1.165) is 12.0 Å². The SMILES string of the molecule is NCCNC(=O)C1OCCc2ccccc21. The second kappa shape index (κ2) is 5.09. The van der Waals surface area contributed by atoms with E-state index in [2.05, 4.69) is 5.32 Å². The van der Waals surface area contributed by atoms with E-state index in [-0.39, 0.29) is 5.91 Å². The normalized spacial score (nSPS) is 18.9. The molecule has 1 atom stereocenters. The Kier molecular flexibility index (Phi) is 3.54. The molecule has 0 saturated carbocycles. The largest absolute Gasteiger partial charge is 0.363 e. The molecule has 1 amide bonds. The van der Waals surface area contributed by atoms with E-state index in [1.807, 2.05) is 24.3 Å². The highest BCUT2D eigenvalue weighted by Crippen LogP contribution is 2.26. The number of nitrogens with two attached hydrogens (primary N) is 1. The molecule has 1 aromatic rings. The van der Waals surface area contributed by atoms with Crippen molar-refractivity contribution in [2.24, 2.45) is 5.73 Å². The molecule has 86 valence electrons. The zero-order valence-electron chi connectivity index (χ0n) is 9.11. The first-order valence-electron chi connectivity index (χ1n) is 5.50. The Morgan fingerprint density at radius 1 is 1.50 bits per heavy atom. The molecule has 1 heterocycles. The summed E-state index contributed by atoms with van der Waals surface area (Å²) in [4.78, 5) is 11.8. The van der Waals surface area contributed by atoms with E-state index in [1.165, 1.54) is 5.56 Å². The van der Waals surface area contributed by atoms with Crippen molar-refractivity contribution in [1.29, 1.82) is 0 Å². The summed E-state index contributed by atoms with van der Waals surface area (Å²) in [6, 6.07) is 7.90. The summed E-state index contributed by atoms with van der Waals surface area (Å²) in [6.45, 7) is 1.53. The predicted octanol–water partition coefficient (Wildman–Crippen LogP) is 0.375. The summed E-state index contributed by atoms with van der Waals surface area (Å²) in [6.07, 6.45) is 0.396. The minimum atomic E-state index is -0.475. The molecular formula is C12H16N2O2. The van der Waals surface area contributed by atoms with Crippen LogP contribution in [0.3, 0.4) is 0 Å². The third-order valence-corrected chi connectivity index (χ3v) is 2.68. The molecule has 0 aliphatic carbocycles. The van der Waals surface area contributed by atoms with Crippen LogP contribution in [0.4, 0.5) is 0 Å². The number of benzene rings is 1. The van der Waals surface area contributed by atoms with Crippen molar-refractivity contribution in [2.75, 3.05) is 19.7 Å². The highest BCUT2D eigenvalue weighted by atomic mass is 16.5. The molecule has 16 heavy (non-hydrogen) atoms. The average Bonchev–Trinajstić information content (AvgIpc) is 2.35. The second-order valence-corrected chi connectivity index (χ2v) is 3.78. The van der Waals surface area contributed by atoms with Crippen LogP contribution in [0.15, 0.2) is 24.3 Å². The molecule has 0 radical (unpaired) electrons. The number of nitrogens with one attached hydrogen (secondary N) is 1. The van der Waals surface area contributed by atoms with Gasteiger partial charge in [0, 0.05) is 13.1 Å². The first-order valence-corrected chi connectivity index (χ1v) is 5.50. The minimum Gasteiger partial charge on any atom is -0.363 e. The minimum absolute atomic E-state index is 0.0994. The summed E-state index contributed by atoms with van der Waals surface area (Å²) in [5, 5.41) is 2.75. The molecule has 0 bridgehead atoms. The Bertz CT molecular complexity index is 379. The van der Waals surface area contributed by atoms with Gasteiger partial charge in [0.15, 0.2) is 6.10 Å². The van der Waals surface area contributed by atoms with E-state index < -0.39 is 6.10 Å². The van der Waals surface area contributed by atoms with Gasteiger partial charge in [-0.1, -0.05) is 24.3 Å². The third kappa shape index (κ3) is 2.23. The van der Waals surface area contributed by atoms with Crippen molar-refractivity contribution in [1.82, 2.24) is 5.32 Å². The lowest BCUT2D eigenvalue weighted by atomic mass is 9.97. The number of ether oxygens (including phenoxy) is 1. The Balaban J connectivity index is 2.15. The first-order chi connectivity index (χ1) is 7.83. The Hall–Kier alpha value is -1.39. The molecule has 1 unspecified atom stereocenters. The van der Waals surface area contributed by atoms with E-state index in [1.54, 1.807) is 0 Å². The molecule has 0 saturated heterocycles. The molecular weight excluding hydrogens is 204 g/mol. The zero-order chi connectivity index (χ0) is 11.4. The molecule has 1 aromatic carbocycles. The third-order valence-electron chi connectivity index (χ3n) is 2.68. The highest BCUT2D eigenvalue weighted by Gasteiger charge is 2.26. The predicted molar refractivity (Wildman–Crippen MR) is 60.9 cm³/mol. The quantitative estimate of drug-likeness (QED) is 0.773. The Morgan fingerprint density at radius 3 is 3.12 bits per heavy atom. The van der Waals surface area contributed by atoms with Crippen LogP contribution in [-0.2, 0) is 16.0 Å². The molecule has 1 aliphatic heterocycles. The molecule has 0 aromatic heterocycles. The van der Waals surface area contributed by atoms with Crippen molar-refractivity contribution in [3.8, 4) is 0 Å². The smallest absolute Gasteiger partial charge is 0.253 e. The van der Waals surface area contributed by atoms with Gasteiger partial charge < -0.3 is 15.8 Å². The lowest BCUT2D eigenvalue weighted by Crippen LogP contribution is -2.36. The monoisotopic (exact) mass is 220 g/mol. The number of carbonyl (C=O) groups excluding carboxylic acids is 1. The van der Waals surface area contributed by atoms with Crippen molar-refractivity contribution in [2.45, 2.75) is 12.5 Å². The summed E-state index contributed by atoms with van der Waals surface area (Å²) >= 11 is 0. The number of carbonyl (C=O) groups is 1. The molecule has 3 N–H and O–H groups in total. The maximum atomic E-state index is 11.8. The molecule has 0 spiro atoms. The number of hydrogen-bond donors (Lipinski definition) is 2. The maximum Gasteiger partial charge on any atom is 0.253 e. The van der Waals surface area contributed by atoms with Crippen LogP contribution >= 0.6 is 0 Å². The number of rotatable bonds is 3. The fourth-order valence-corrected chi connectivity index (χ4v) is 1.90. The van der Waals surface area contributed by atoms with E-state index in [0.29, 0.717) is 19.7 Å². The zero-order valence-corrected chi connectivity index (χ0v) is 9.11. The van der Waals surface area contributed by atoms with Crippen molar-refractivity contribution in [3.05, 3.63) is 35.4 Å². The van der Waals surface area contributed by atoms with Gasteiger partial charge >= 0.3 is 0 Å². The first kappa shape index (κ1) is 11.1. The van der Waals surface area contributed by atoms with Crippen LogP contribution in [-0.4, -0.2) is 25.6 Å². The van der Waals surface area contributed by atoms with Gasteiger partial charge in [-0.2, -0.15) is 0 Å². The summed E-state index contributed by atoms with van der Waals surface area (Å²) in [5.74, 6) is -0.0994. The van der Waals surface area contributed by atoms with Gasteiger partial charge in [-0.05, 0) is 17.5 Å². The summed E-state index contributed by atoms with van der Waals surface area (Å²) < 4.78 is 5.51. The molecule has 4 nitrogen and oxygen atoms in total. The molecule has 1 aliphatic rings. The highest BCUT2D eigenvalue weighted by molar-refractivity contribution is 5.82. The van der Waals surface area contributed by atoms with Crippen LogP contribution in [0.5, 0.6) is 0 Å². The van der Waals surface area contributed by atoms with Crippen LogP contribution < -0.4 is 11.1 Å². The molecule has 4 heteroatoms. The standard InChI is InChI=1S/C12H16N2O2/c13-6-7-14-12(15)11-10-4-2-1-3-9(10)5-8-16-11/h1-4,11H,5-8,13H2,(H,14,15). The number of fused-ring (bicyclic) bond motifs is 1. The van der Waals surface area contributed by atoms with Crippen LogP contribution in [0, 0.1) is 0 Å². The number of hydrogen-bond acceptors (Lipinski definition) is 3. The Morgan fingerprint density at radius 2 is 2.31 bits per heavy atom. The van der Waals surface area contributed by atoms with E-state index in [4.69, 9.17) is 10.5 Å². The average molecular weight is 220 g/mol. The van der Waals surface area contributed by atoms with Gasteiger partial charge in [-0.15, -0.1) is 0 Å². The topological polar surface area (TPSA) is 64.3 Å².